The lowest BCUT2D eigenvalue weighted by Gasteiger charge is -2.20. The molecule has 0 saturated heterocycles. The lowest BCUT2D eigenvalue weighted by molar-refractivity contribution is 0.491. The molecule has 114 valence electrons. The Morgan fingerprint density at radius 3 is 2.57 bits per heavy atom. The van der Waals surface area contributed by atoms with Gasteiger partial charge in [0, 0.05) is 17.5 Å². The number of rotatable bonds is 4. The molecule has 4 heteroatoms. The van der Waals surface area contributed by atoms with Gasteiger partial charge in [-0.3, -0.25) is 0 Å². The van der Waals surface area contributed by atoms with Crippen molar-refractivity contribution < 1.29 is 4.39 Å². The number of nitrogens with two attached hydrogens (primary N) is 1. The zero-order valence-electron chi connectivity index (χ0n) is 13.3. The van der Waals surface area contributed by atoms with Crippen molar-refractivity contribution in [1.29, 1.82) is 0 Å². The molecular formula is C17H24FN3. The van der Waals surface area contributed by atoms with Gasteiger partial charge in [-0.1, -0.05) is 46.2 Å². The Labute approximate surface area is 126 Å². The molecule has 0 aliphatic heterocycles. The summed E-state index contributed by atoms with van der Waals surface area (Å²) in [7, 11) is 0. The average Bonchev–Trinajstić information content (AvgIpc) is 2.73. The van der Waals surface area contributed by atoms with Crippen LogP contribution in [0.3, 0.4) is 0 Å². The summed E-state index contributed by atoms with van der Waals surface area (Å²) in [5.41, 5.74) is 7.60. The first-order chi connectivity index (χ1) is 9.84. The highest BCUT2D eigenvalue weighted by Gasteiger charge is 2.25. The number of anilines is 1. The third-order valence-corrected chi connectivity index (χ3v) is 3.51. The van der Waals surface area contributed by atoms with Crippen LogP contribution in [-0.4, -0.2) is 9.55 Å². The second kappa shape index (κ2) is 5.88. The molecule has 2 rings (SSSR count). The minimum absolute atomic E-state index is 0.104. The Hall–Kier alpha value is -1.84. The van der Waals surface area contributed by atoms with E-state index in [9.17, 15) is 4.39 Å². The minimum atomic E-state index is -0.271. The molecular weight excluding hydrogens is 265 g/mol. The van der Waals surface area contributed by atoms with Gasteiger partial charge < -0.3 is 10.3 Å². The number of unbranched alkanes of at least 4 members (excludes halogenated alkanes) is 1. The molecule has 2 aromatic rings. The first-order valence-electron chi connectivity index (χ1n) is 7.47. The van der Waals surface area contributed by atoms with Crippen molar-refractivity contribution in [2.24, 2.45) is 0 Å². The van der Waals surface area contributed by atoms with Crippen LogP contribution < -0.4 is 5.73 Å². The van der Waals surface area contributed by atoms with Gasteiger partial charge in [-0.05, 0) is 18.6 Å². The highest BCUT2D eigenvalue weighted by Crippen LogP contribution is 2.32. The largest absolute Gasteiger partial charge is 0.383 e. The summed E-state index contributed by atoms with van der Waals surface area (Å²) in [6.45, 7) is 9.35. The SMILES string of the molecule is CCCCn1c(C(C)(C)C)nc(-c2cccc(F)c2)c1N. The number of aromatic nitrogens is 2. The summed E-state index contributed by atoms with van der Waals surface area (Å²) in [6, 6.07) is 6.44. The summed E-state index contributed by atoms with van der Waals surface area (Å²) >= 11 is 0. The van der Waals surface area contributed by atoms with Crippen molar-refractivity contribution in [2.45, 2.75) is 52.5 Å². The lowest BCUT2D eigenvalue weighted by atomic mass is 9.95. The molecule has 0 aliphatic carbocycles. The fraction of sp³-hybridized carbons (Fsp3) is 0.471. The Morgan fingerprint density at radius 1 is 1.29 bits per heavy atom. The molecule has 0 unspecified atom stereocenters. The van der Waals surface area contributed by atoms with Crippen molar-refractivity contribution in [2.75, 3.05) is 5.73 Å². The maximum Gasteiger partial charge on any atom is 0.131 e. The maximum atomic E-state index is 13.5. The number of nitrogens with zero attached hydrogens (tertiary/aromatic N) is 2. The number of halogens is 1. The molecule has 0 amide bonds. The zero-order valence-corrected chi connectivity index (χ0v) is 13.3. The summed E-state index contributed by atoms with van der Waals surface area (Å²) in [5.74, 6) is 1.30. The van der Waals surface area contributed by atoms with Crippen LogP contribution in [0.4, 0.5) is 10.2 Å². The third-order valence-electron chi connectivity index (χ3n) is 3.51. The molecule has 0 radical (unpaired) electrons. The van der Waals surface area contributed by atoms with Crippen LogP contribution in [0, 0.1) is 5.82 Å². The summed E-state index contributed by atoms with van der Waals surface area (Å²) in [4.78, 5) is 4.72. The van der Waals surface area contributed by atoms with Crippen molar-refractivity contribution in [1.82, 2.24) is 9.55 Å². The van der Waals surface area contributed by atoms with Crippen LogP contribution in [0.5, 0.6) is 0 Å². The van der Waals surface area contributed by atoms with Crippen molar-refractivity contribution >= 4 is 5.82 Å². The molecule has 1 heterocycles. The highest BCUT2D eigenvalue weighted by atomic mass is 19.1. The van der Waals surface area contributed by atoms with Crippen LogP contribution >= 0.6 is 0 Å². The Balaban J connectivity index is 2.55. The maximum absolute atomic E-state index is 13.5. The van der Waals surface area contributed by atoms with E-state index in [0.29, 0.717) is 11.5 Å². The molecule has 0 aliphatic rings. The van der Waals surface area contributed by atoms with Crippen LogP contribution in [-0.2, 0) is 12.0 Å². The zero-order chi connectivity index (χ0) is 15.6. The number of imidazole rings is 1. The van der Waals surface area contributed by atoms with Crippen molar-refractivity contribution in [3.05, 3.63) is 35.9 Å². The van der Waals surface area contributed by atoms with E-state index in [-0.39, 0.29) is 11.2 Å². The second-order valence-electron chi connectivity index (χ2n) is 6.43. The summed E-state index contributed by atoms with van der Waals surface area (Å²) < 4.78 is 15.5. The van der Waals surface area contributed by atoms with Gasteiger partial charge in [-0.25, -0.2) is 9.37 Å². The van der Waals surface area contributed by atoms with Crippen molar-refractivity contribution in [3.63, 3.8) is 0 Å². The predicted molar refractivity (Wildman–Crippen MR) is 85.6 cm³/mol. The second-order valence-corrected chi connectivity index (χ2v) is 6.43. The van der Waals surface area contributed by atoms with Crippen LogP contribution in [0.25, 0.3) is 11.3 Å². The van der Waals surface area contributed by atoms with Crippen LogP contribution in [0.2, 0.25) is 0 Å². The fourth-order valence-electron chi connectivity index (χ4n) is 2.43. The third kappa shape index (κ3) is 3.26. The van der Waals surface area contributed by atoms with Gasteiger partial charge in [0.25, 0.3) is 0 Å². The van der Waals surface area contributed by atoms with E-state index in [0.717, 1.165) is 30.8 Å². The highest BCUT2D eigenvalue weighted by molar-refractivity contribution is 5.71. The summed E-state index contributed by atoms with van der Waals surface area (Å²) in [6.07, 6.45) is 2.14. The average molecular weight is 289 g/mol. The van der Waals surface area contributed by atoms with E-state index >= 15 is 0 Å². The molecule has 0 fully saturated rings. The Morgan fingerprint density at radius 2 is 2.00 bits per heavy atom. The number of hydrogen-bond acceptors (Lipinski definition) is 2. The molecule has 2 N–H and O–H groups in total. The lowest BCUT2D eigenvalue weighted by Crippen LogP contribution is -2.20. The fourth-order valence-corrected chi connectivity index (χ4v) is 2.43. The molecule has 1 aromatic heterocycles. The first-order valence-corrected chi connectivity index (χ1v) is 7.47. The van der Waals surface area contributed by atoms with E-state index in [2.05, 4.69) is 32.3 Å². The van der Waals surface area contributed by atoms with E-state index in [4.69, 9.17) is 10.7 Å². The number of hydrogen-bond donors (Lipinski definition) is 1. The monoisotopic (exact) mass is 289 g/mol. The Bertz CT molecular complexity index is 623. The first kappa shape index (κ1) is 15.5. The molecule has 1 aromatic carbocycles. The number of nitrogen functional groups attached to an aromatic ring is 1. The van der Waals surface area contributed by atoms with Crippen LogP contribution in [0.15, 0.2) is 24.3 Å². The molecule has 0 bridgehead atoms. The van der Waals surface area contributed by atoms with E-state index in [1.165, 1.54) is 12.1 Å². The Kier molecular flexibility index (Phi) is 4.35. The molecule has 0 saturated carbocycles. The number of benzene rings is 1. The topological polar surface area (TPSA) is 43.8 Å². The van der Waals surface area contributed by atoms with Gasteiger partial charge in [0.15, 0.2) is 0 Å². The van der Waals surface area contributed by atoms with Gasteiger partial charge in [0.05, 0.1) is 0 Å². The minimum Gasteiger partial charge on any atom is -0.383 e. The van der Waals surface area contributed by atoms with E-state index in [1.807, 2.05) is 6.07 Å². The van der Waals surface area contributed by atoms with E-state index in [1.54, 1.807) is 6.07 Å². The molecule has 0 atom stereocenters. The van der Waals surface area contributed by atoms with Gasteiger partial charge in [-0.15, -0.1) is 0 Å². The normalized spacial score (nSPS) is 11.9. The van der Waals surface area contributed by atoms with Gasteiger partial charge >= 0.3 is 0 Å². The van der Waals surface area contributed by atoms with Gasteiger partial charge in [0.1, 0.15) is 23.2 Å². The smallest absolute Gasteiger partial charge is 0.131 e. The molecule has 3 nitrogen and oxygen atoms in total. The van der Waals surface area contributed by atoms with Crippen LogP contribution in [0.1, 0.15) is 46.4 Å². The van der Waals surface area contributed by atoms with Gasteiger partial charge in [-0.2, -0.15) is 0 Å². The van der Waals surface area contributed by atoms with E-state index < -0.39 is 0 Å². The summed E-state index contributed by atoms with van der Waals surface area (Å²) in [5, 5.41) is 0. The quantitative estimate of drug-likeness (QED) is 0.908. The molecule has 0 spiro atoms. The predicted octanol–water partition coefficient (Wildman–Crippen LogP) is 4.37. The standard InChI is InChI=1S/C17H24FN3/c1-5-6-10-21-15(19)14(20-16(21)17(2,3)4)12-8-7-9-13(18)11-12/h7-9,11H,5-6,10,19H2,1-4H3. The molecule has 21 heavy (non-hydrogen) atoms. The van der Waals surface area contributed by atoms with Gasteiger partial charge in [0.2, 0.25) is 0 Å². The van der Waals surface area contributed by atoms with Crippen molar-refractivity contribution in [3.8, 4) is 11.3 Å².